The molecule has 0 amide bonds. The Morgan fingerprint density at radius 3 is 2.12 bits per heavy atom. The Morgan fingerprint density at radius 1 is 0.925 bits per heavy atom. The van der Waals surface area contributed by atoms with Gasteiger partial charge in [0, 0.05) is 39.1 Å². The Balaban J connectivity index is 2.05. The summed E-state index contributed by atoms with van der Waals surface area (Å²) < 4.78 is 20.9. The van der Waals surface area contributed by atoms with Gasteiger partial charge >= 0.3 is 0 Å². The third kappa shape index (κ3) is 6.25. The number of fused-ring (bicyclic) bond motifs is 2. The maximum atomic E-state index is 13.7. The van der Waals surface area contributed by atoms with Gasteiger partial charge < -0.3 is 23.4 Å². The standard InChI is InChI=1S/C32H42N2O4SSi/c1-32(2,3)29-27(36-6)18-21(19-28(29)37-7)31(38-40(8)9)34-25-13-11-10-12-23(25)30(35)24-15-14-22(20-26(24)34)39-17-16-33(4)5/h10-15,18-20,31,40H,16-17H2,1-9H3. The van der Waals surface area contributed by atoms with Crippen LogP contribution in [0.25, 0.3) is 21.8 Å². The second-order valence-electron chi connectivity index (χ2n) is 11.6. The Bertz CT molecular complexity index is 1530. The molecule has 0 saturated carbocycles. The SMILES string of the molecule is COc1cc(C(O[SiH](C)C)n2c3ccccc3c(=O)c3ccc(SCCN(C)C)cc32)cc(OC)c1C(C)(C)C. The molecule has 1 atom stereocenters. The van der Waals surface area contributed by atoms with Crippen LogP contribution < -0.4 is 14.9 Å². The topological polar surface area (TPSA) is 52.9 Å². The minimum Gasteiger partial charge on any atom is -0.496 e. The molecule has 3 aromatic carbocycles. The summed E-state index contributed by atoms with van der Waals surface area (Å²) in [6.45, 7) is 11.8. The van der Waals surface area contributed by atoms with Crippen molar-refractivity contribution in [2.45, 2.75) is 50.4 Å². The number of aromatic nitrogens is 1. The molecule has 1 unspecified atom stereocenters. The largest absolute Gasteiger partial charge is 0.496 e. The molecule has 1 heterocycles. The molecule has 1 aromatic heterocycles. The van der Waals surface area contributed by atoms with Crippen molar-refractivity contribution in [2.75, 3.05) is 40.6 Å². The van der Waals surface area contributed by atoms with Crippen LogP contribution in [0.5, 0.6) is 11.5 Å². The highest BCUT2D eigenvalue weighted by Crippen LogP contribution is 2.42. The lowest BCUT2D eigenvalue weighted by molar-refractivity contribution is 0.184. The van der Waals surface area contributed by atoms with Gasteiger partial charge in [-0.05, 0) is 75.1 Å². The van der Waals surface area contributed by atoms with E-state index in [1.54, 1.807) is 26.0 Å². The second-order valence-corrected chi connectivity index (χ2v) is 15.2. The van der Waals surface area contributed by atoms with E-state index in [9.17, 15) is 4.79 Å². The molecule has 0 radical (unpaired) electrons. The average molecular weight is 579 g/mol. The first-order chi connectivity index (χ1) is 19.0. The van der Waals surface area contributed by atoms with Crippen LogP contribution >= 0.6 is 11.8 Å². The summed E-state index contributed by atoms with van der Waals surface area (Å²) in [6.07, 6.45) is -0.474. The van der Waals surface area contributed by atoms with E-state index in [0.29, 0.717) is 10.8 Å². The van der Waals surface area contributed by atoms with E-state index in [1.807, 2.05) is 30.3 Å². The summed E-state index contributed by atoms with van der Waals surface area (Å²) in [4.78, 5) is 17.0. The van der Waals surface area contributed by atoms with Gasteiger partial charge in [0.1, 0.15) is 11.5 Å². The van der Waals surface area contributed by atoms with Crippen LogP contribution in [-0.4, -0.2) is 59.1 Å². The molecular formula is C32H42N2O4SSi. The van der Waals surface area contributed by atoms with Crippen molar-refractivity contribution in [3.05, 3.63) is 75.9 Å². The molecule has 0 aliphatic rings. The number of benzene rings is 3. The third-order valence-corrected chi connectivity index (χ3v) is 8.66. The Morgan fingerprint density at radius 2 is 1.55 bits per heavy atom. The van der Waals surface area contributed by atoms with Crippen molar-refractivity contribution >= 4 is 42.6 Å². The van der Waals surface area contributed by atoms with Crippen LogP contribution in [0.4, 0.5) is 0 Å². The summed E-state index contributed by atoms with van der Waals surface area (Å²) >= 11 is 1.79. The van der Waals surface area contributed by atoms with Gasteiger partial charge in [0.15, 0.2) is 20.7 Å². The molecule has 4 rings (SSSR count). The fourth-order valence-corrected chi connectivity index (χ4v) is 6.95. The first-order valence-electron chi connectivity index (χ1n) is 13.7. The van der Waals surface area contributed by atoms with Crippen LogP contribution in [0.15, 0.2) is 64.3 Å². The van der Waals surface area contributed by atoms with Crippen LogP contribution in [0, 0.1) is 0 Å². The van der Waals surface area contributed by atoms with E-state index in [2.05, 4.69) is 81.7 Å². The first-order valence-corrected chi connectivity index (χ1v) is 17.5. The van der Waals surface area contributed by atoms with Gasteiger partial charge in [-0.15, -0.1) is 11.8 Å². The predicted octanol–water partition coefficient (Wildman–Crippen LogP) is 6.67. The van der Waals surface area contributed by atoms with Gasteiger partial charge in [-0.2, -0.15) is 0 Å². The number of para-hydroxylation sites is 1. The highest BCUT2D eigenvalue weighted by molar-refractivity contribution is 7.99. The minimum absolute atomic E-state index is 0.0328. The van der Waals surface area contributed by atoms with Crippen molar-refractivity contribution in [1.82, 2.24) is 9.47 Å². The van der Waals surface area contributed by atoms with Crippen LogP contribution in [0.1, 0.15) is 38.1 Å². The lowest BCUT2D eigenvalue weighted by atomic mass is 9.84. The first kappa shape index (κ1) is 30.2. The van der Waals surface area contributed by atoms with Crippen LogP contribution in [0.3, 0.4) is 0 Å². The lowest BCUT2D eigenvalue weighted by Gasteiger charge is -2.30. The van der Waals surface area contributed by atoms with Crippen molar-refractivity contribution < 1.29 is 13.9 Å². The third-order valence-electron chi connectivity index (χ3n) is 6.89. The zero-order valence-corrected chi connectivity index (χ0v) is 27.2. The zero-order chi connectivity index (χ0) is 29.2. The van der Waals surface area contributed by atoms with E-state index in [-0.39, 0.29) is 10.8 Å². The highest BCUT2D eigenvalue weighted by atomic mass is 32.2. The van der Waals surface area contributed by atoms with Crippen molar-refractivity contribution in [1.29, 1.82) is 0 Å². The molecule has 4 aromatic rings. The second kappa shape index (κ2) is 12.4. The van der Waals surface area contributed by atoms with Gasteiger partial charge in [-0.3, -0.25) is 4.79 Å². The van der Waals surface area contributed by atoms with Crippen molar-refractivity contribution in [2.24, 2.45) is 0 Å². The normalized spacial score (nSPS) is 13.0. The van der Waals surface area contributed by atoms with Crippen molar-refractivity contribution in [3.63, 3.8) is 0 Å². The Hall–Kier alpha value is -2.78. The Kier molecular flexibility index (Phi) is 9.35. The fourth-order valence-electron chi connectivity index (χ4n) is 5.10. The number of thioether (sulfide) groups is 1. The van der Waals surface area contributed by atoms with Crippen LogP contribution in [0.2, 0.25) is 13.1 Å². The van der Waals surface area contributed by atoms with Gasteiger partial charge in [-0.1, -0.05) is 32.9 Å². The molecule has 8 heteroatoms. The monoisotopic (exact) mass is 578 g/mol. The van der Waals surface area contributed by atoms with Gasteiger partial charge in [0.25, 0.3) is 0 Å². The zero-order valence-electron chi connectivity index (χ0n) is 25.2. The molecule has 0 aliphatic carbocycles. The Labute approximate surface area is 244 Å². The van der Waals surface area contributed by atoms with Crippen molar-refractivity contribution in [3.8, 4) is 11.5 Å². The highest BCUT2D eigenvalue weighted by Gasteiger charge is 2.29. The number of rotatable bonds is 10. The molecule has 0 fully saturated rings. The number of hydrogen-bond donors (Lipinski definition) is 0. The van der Waals surface area contributed by atoms with Gasteiger partial charge in [0.05, 0.1) is 25.3 Å². The van der Waals surface area contributed by atoms with E-state index in [0.717, 1.165) is 50.9 Å². The van der Waals surface area contributed by atoms with Gasteiger partial charge in [-0.25, -0.2) is 0 Å². The van der Waals surface area contributed by atoms with E-state index in [4.69, 9.17) is 13.9 Å². The lowest BCUT2D eigenvalue weighted by Crippen LogP contribution is -2.24. The van der Waals surface area contributed by atoms with Crippen LogP contribution in [-0.2, 0) is 9.84 Å². The molecule has 0 saturated heterocycles. The number of pyridine rings is 1. The molecule has 0 spiro atoms. The number of hydrogen-bond acceptors (Lipinski definition) is 6. The molecule has 40 heavy (non-hydrogen) atoms. The summed E-state index contributed by atoms with van der Waals surface area (Å²) in [7, 11) is 5.98. The van der Waals surface area contributed by atoms with E-state index < -0.39 is 15.3 Å². The summed E-state index contributed by atoms with van der Waals surface area (Å²) in [6, 6.07) is 18.1. The van der Waals surface area contributed by atoms with E-state index in [1.165, 1.54) is 0 Å². The summed E-state index contributed by atoms with van der Waals surface area (Å²) in [5, 5.41) is 1.35. The molecule has 0 N–H and O–H groups in total. The number of ether oxygens (including phenoxy) is 2. The number of methoxy groups -OCH3 is 2. The average Bonchev–Trinajstić information content (AvgIpc) is 2.90. The van der Waals surface area contributed by atoms with E-state index >= 15 is 0 Å². The predicted molar refractivity (Wildman–Crippen MR) is 171 cm³/mol. The smallest absolute Gasteiger partial charge is 0.197 e. The minimum atomic E-state index is -1.57. The number of nitrogens with zero attached hydrogens (tertiary/aromatic N) is 2. The summed E-state index contributed by atoms with van der Waals surface area (Å²) in [5.41, 5.74) is 3.47. The molecule has 6 nitrogen and oxygen atoms in total. The maximum absolute atomic E-state index is 13.7. The quantitative estimate of drug-likeness (QED) is 0.119. The maximum Gasteiger partial charge on any atom is 0.197 e. The summed E-state index contributed by atoms with van der Waals surface area (Å²) in [5.74, 6) is 2.48. The molecule has 0 aliphatic heterocycles. The molecular weight excluding hydrogens is 537 g/mol. The molecule has 0 bridgehead atoms. The van der Waals surface area contributed by atoms with Gasteiger partial charge in [0.2, 0.25) is 0 Å². The molecule has 214 valence electrons. The fraction of sp³-hybridized carbons (Fsp3) is 0.406.